The van der Waals surface area contributed by atoms with E-state index in [1.807, 2.05) is 0 Å². The van der Waals surface area contributed by atoms with Gasteiger partial charge in [-0.25, -0.2) is 13.2 Å². The van der Waals surface area contributed by atoms with Crippen LogP contribution in [0.1, 0.15) is 12.0 Å². The van der Waals surface area contributed by atoms with E-state index < -0.39 is 29.5 Å². The predicted octanol–water partition coefficient (Wildman–Crippen LogP) is 1.80. The first kappa shape index (κ1) is 14.5. The van der Waals surface area contributed by atoms with Gasteiger partial charge in [0.1, 0.15) is 5.82 Å². The number of methoxy groups -OCH3 is 1. The predicted molar refractivity (Wildman–Crippen MR) is 59.5 cm³/mol. The number of rotatable bonds is 5. The normalized spacial score (nSPS) is 12.3. The SMILES string of the molecule is CN[C@H](CC(=O)OC)Cc1cc(F)c(F)cc1F. The van der Waals surface area contributed by atoms with Crippen molar-refractivity contribution >= 4 is 5.97 Å². The van der Waals surface area contributed by atoms with Gasteiger partial charge in [-0.1, -0.05) is 0 Å². The first-order chi connectivity index (χ1) is 8.47. The molecule has 0 unspecified atom stereocenters. The number of carbonyl (C=O) groups excluding carboxylic acids is 1. The fourth-order valence-electron chi connectivity index (χ4n) is 1.55. The molecule has 0 amide bonds. The monoisotopic (exact) mass is 261 g/mol. The lowest BCUT2D eigenvalue weighted by atomic mass is 10.0. The quantitative estimate of drug-likeness (QED) is 0.649. The first-order valence-electron chi connectivity index (χ1n) is 5.35. The van der Waals surface area contributed by atoms with Crippen molar-refractivity contribution in [3.8, 4) is 0 Å². The summed E-state index contributed by atoms with van der Waals surface area (Å²) in [5.41, 5.74) is 0.0113. The molecule has 0 aliphatic carbocycles. The Kier molecular flexibility index (Phi) is 5.15. The van der Waals surface area contributed by atoms with Crippen LogP contribution in [0.15, 0.2) is 12.1 Å². The van der Waals surface area contributed by atoms with Crippen molar-refractivity contribution in [3.63, 3.8) is 0 Å². The van der Waals surface area contributed by atoms with Crippen molar-refractivity contribution in [1.29, 1.82) is 0 Å². The number of hydrogen-bond donors (Lipinski definition) is 1. The van der Waals surface area contributed by atoms with E-state index in [0.29, 0.717) is 6.07 Å². The molecule has 0 fully saturated rings. The van der Waals surface area contributed by atoms with Crippen LogP contribution in [0.4, 0.5) is 13.2 Å². The van der Waals surface area contributed by atoms with Crippen LogP contribution in [0, 0.1) is 17.5 Å². The van der Waals surface area contributed by atoms with E-state index in [-0.39, 0.29) is 18.4 Å². The van der Waals surface area contributed by atoms with Gasteiger partial charge in [0.15, 0.2) is 11.6 Å². The Hall–Kier alpha value is -1.56. The Bertz CT molecular complexity index is 438. The van der Waals surface area contributed by atoms with Crippen molar-refractivity contribution in [2.24, 2.45) is 0 Å². The molecule has 18 heavy (non-hydrogen) atoms. The highest BCUT2D eigenvalue weighted by Crippen LogP contribution is 2.16. The van der Waals surface area contributed by atoms with Crippen molar-refractivity contribution in [2.45, 2.75) is 18.9 Å². The highest BCUT2D eigenvalue weighted by Gasteiger charge is 2.17. The molecule has 1 aromatic rings. The summed E-state index contributed by atoms with van der Waals surface area (Å²) in [6.45, 7) is 0. The third kappa shape index (κ3) is 3.73. The Morgan fingerprint density at radius 2 is 1.89 bits per heavy atom. The van der Waals surface area contributed by atoms with Crippen molar-refractivity contribution in [1.82, 2.24) is 5.32 Å². The Morgan fingerprint density at radius 3 is 2.44 bits per heavy atom. The largest absolute Gasteiger partial charge is 0.469 e. The summed E-state index contributed by atoms with van der Waals surface area (Å²) in [6, 6.07) is 0.888. The molecule has 0 aliphatic rings. The number of benzene rings is 1. The molecule has 0 bridgehead atoms. The Morgan fingerprint density at radius 1 is 1.28 bits per heavy atom. The van der Waals surface area contributed by atoms with Crippen LogP contribution in [-0.2, 0) is 16.0 Å². The number of halogens is 3. The van der Waals surface area contributed by atoms with Gasteiger partial charge in [0.25, 0.3) is 0 Å². The molecule has 0 heterocycles. The van der Waals surface area contributed by atoms with Gasteiger partial charge >= 0.3 is 5.97 Å². The van der Waals surface area contributed by atoms with E-state index in [4.69, 9.17) is 0 Å². The minimum Gasteiger partial charge on any atom is -0.469 e. The highest BCUT2D eigenvalue weighted by atomic mass is 19.2. The summed E-state index contributed by atoms with van der Waals surface area (Å²) in [5, 5.41) is 2.79. The number of esters is 1. The maximum Gasteiger partial charge on any atom is 0.307 e. The van der Waals surface area contributed by atoms with Crippen molar-refractivity contribution in [3.05, 3.63) is 35.1 Å². The van der Waals surface area contributed by atoms with Crippen LogP contribution in [-0.4, -0.2) is 26.2 Å². The second-order valence-electron chi connectivity index (χ2n) is 3.83. The van der Waals surface area contributed by atoms with Crippen LogP contribution >= 0.6 is 0 Å². The summed E-state index contributed by atoms with van der Waals surface area (Å²) < 4.78 is 43.6. The second-order valence-corrected chi connectivity index (χ2v) is 3.83. The molecule has 0 saturated carbocycles. The van der Waals surface area contributed by atoms with Gasteiger partial charge in [-0.15, -0.1) is 0 Å². The standard InChI is InChI=1S/C12H14F3NO2/c1-16-8(5-12(17)18-2)3-7-4-10(14)11(15)6-9(7)13/h4,6,8,16H,3,5H2,1-2H3/t8-/m0/s1. The Labute approximate surface area is 103 Å². The van der Waals surface area contributed by atoms with Gasteiger partial charge in [0, 0.05) is 12.1 Å². The molecular weight excluding hydrogens is 247 g/mol. The molecule has 0 aliphatic heterocycles. The number of likely N-dealkylation sites (N-methyl/N-ethyl adjacent to an activating group) is 1. The number of ether oxygens (including phenoxy) is 1. The van der Waals surface area contributed by atoms with E-state index in [2.05, 4.69) is 10.1 Å². The van der Waals surface area contributed by atoms with Gasteiger partial charge in [-0.3, -0.25) is 4.79 Å². The van der Waals surface area contributed by atoms with E-state index in [9.17, 15) is 18.0 Å². The lowest BCUT2D eigenvalue weighted by Crippen LogP contribution is -2.31. The van der Waals surface area contributed by atoms with Crippen molar-refractivity contribution < 1.29 is 22.7 Å². The molecule has 0 radical (unpaired) electrons. The summed E-state index contributed by atoms with van der Waals surface area (Å²) >= 11 is 0. The summed E-state index contributed by atoms with van der Waals surface area (Å²) in [4.78, 5) is 11.1. The van der Waals surface area contributed by atoms with E-state index in [0.717, 1.165) is 6.07 Å². The van der Waals surface area contributed by atoms with Gasteiger partial charge in [0.2, 0.25) is 0 Å². The fraction of sp³-hybridized carbons (Fsp3) is 0.417. The van der Waals surface area contributed by atoms with Crippen LogP contribution < -0.4 is 5.32 Å². The van der Waals surface area contributed by atoms with Gasteiger partial charge in [-0.05, 0) is 25.1 Å². The zero-order chi connectivity index (χ0) is 13.7. The minimum absolute atomic E-state index is 0.0113. The number of carbonyl (C=O) groups is 1. The molecule has 3 nitrogen and oxygen atoms in total. The topological polar surface area (TPSA) is 38.3 Å². The molecule has 1 aromatic carbocycles. The van der Waals surface area contributed by atoms with E-state index in [1.54, 1.807) is 7.05 Å². The maximum atomic E-state index is 13.4. The summed E-state index contributed by atoms with van der Waals surface area (Å²) in [6.07, 6.45) is 0.0834. The summed E-state index contributed by atoms with van der Waals surface area (Å²) in [7, 11) is 2.83. The van der Waals surface area contributed by atoms with Crippen LogP contribution in [0.5, 0.6) is 0 Å². The molecule has 1 rings (SSSR count). The van der Waals surface area contributed by atoms with Gasteiger partial charge < -0.3 is 10.1 Å². The van der Waals surface area contributed by atoms with E-state index >= 15 is 0 Å². The summed E-state index contributed by atoms with van der Waals surface area (Å²) in [5.74, 6) is -3.64. The molecule has 0 spiro atoms. The molecule has 6 heteroatoms. The van der Waals surface area contributed by atoms with Gasteiger partial charge in [0.05, 0.1) is 13.5 Å². The molecule has 1 atom stereocenters. The zero-order valence-electron chi connectivity index (χ0n) is 10.1. The first-order valence-corrected chi connectivity index (χ1v) is 5.35. The highest BCUT2D eigenvalue weighted by molar-refractivity contribution is 5.69. The molecule has 0 aromatic heterocycles. The number of hydrogen-bond acceptors (Lipinski definition) is 3. The zero-order valence-corrected chi connectivity index (χ0v) is 10.1. The maximum absolute atomic E-state index is 13.4. The average Bonchev–Trinajstić information content (AvgIpc) is 2.34. The molecular formula is C12H14F3NO2. The minimum atomic E-state index is -1.23. The molecule has 100 valence electrons. The smallest absolute Gasteiger partial charge is 0.307 e. The van der Waals surface area contributed by atoms with Crippen LogP contribution in [0.2, 0.25) is 0 Å². The second kappa shape index (κ2) is 6.39. The Balaban J connectivity index is 2.81. The third-order valence-corrected chi connectivity index (χ3v) is 2.60. The fourth-order valence-corrected chi connectivity index (χ4v) is 1.55. The number of nitrogens with one attached hydrogen (secondary N) is 1. The molecule has 0 saturated heterocycles. The average molecular weight is 261 g/mol. The third-order valence-electron chi connectivity index (χ3n) is 2.60. The molecule has 1 N–H and O–H groups in total. The van der Waals surface area contributed by atoms with Crippen molar-refractivity contribution in [2.75, 3.05) is 14.2 Å². The van der Waals surface area contributed by atoms with Crippen LogP contribution in [0.25, 0.3) is 0 Å². The van der Waals surface area contributed by atoms with Gasteiger partial charge in [-0.2, -0.15) is 0 Å². The van der Waals surface area contributed by atoms with E-state index in [1.165, 1.54) is 7.11 Å². The van der Waals surface area contributed by atoms with Crippen LogP contribution in [0.3, 0.4) is 0 Å². The lowest BCUT2D eigenvalue weighted by molar-refractivity contribution is -0.141. The lowest BCUT2D eigenvalue weighted by Gasteiger charge is -2.15.